The van der Waals surface area contributed by atoms with Crippen LogP contribution in [-0.2, 0) is 16.0 Å². The number of nitrogens with one attached hydrogen (secondary N) is 1. The molecule has 0 unspecified atom stereocenters. The summed E-state index contributed by atoms with van der Waals surface area (Å²) < 4.78 is 5.76. The Morgan fingerprint density at radius 2 is 2.18 bits per heavy atom. The van der Waals surface area contributed by atoms with Gasteiger partial charge in [-0.3, -0.25) is 14.5 Å². The third kappa shape index (κ3) is 3.22. The molecule has 2 atom stereocenters. The minimum absolute atomic E-state index is 0.0461. The smallest absolute Gasteiger partial charge is 0.320 e. The van der Waals surface area contributed by atoms with Crippen molar-refractivity contribution in [2.24, 2.45) is 0 Å². The molecule has 1 aromatic rings. The van der Waals surface area contributed by atoms with Crippen molar-refractivity contribution in [3.8, 4) is 5.75 Å². The average Bonchev–Trinajstić information content (AvgIpc) is 3.10. The van der Waals surface area contributed by atoms with Crippen molar-refractivity contribution in [2.45, 2.75) is 31.4 Å². The van der Waals surface area contributed by atoms with Gasteiger partial charge in [-0.05, 0) is 31.0 Å². The van der Waals surface area contributed by atoms with Crippen molar-refractivity contribution in [3.05, 3.63) is 29.8 Å². The number of carbonyl (C=O) groups excluding carboxylic acids is 1. The lowest BCUT2D eigenvalue weighted by atomic mass is 10.1. The van der Waals surface area contributed by atoms with Gasteiger partial charge in [0.05, 0.1) is 13.1 Å². The molecule has 2 aliphatic heterocycles. The van der Waals surface area contributed by atoms with Gasteiger partial charge in [-0.1, -0.05) is 18.2 Å². The first-order valence-corrected chi connectivity index (χ1v) is 7.61. The summed E-state index contributed by atoms with van der Waals surface area (Å²) in [6.07, 6.45) is 2.18. The number of nitrogens with zero attached hydrogens (tertiary/aromatic N) is 1. The van der Waals surface area contributed by atoms with E-state index in [9.17, 15) is 9.59 Å². The highest BCUT2D eigenvalue weighted by atomic mass is 16.5. The zero-order valence-corrected chi connectivity index (χ0v) is 12.3. The maximum absolute atomic E-state index is 12.0. The Hall–Kier alpha value is -2.08. The molecule has 1 amide bonds. The number of rotatable bonds is 5. The third-order valence-corrected chi connectivity index (χ3v) is 4.24. The maximum atomic E-state index is 12.0. The van der Waals surface area contributed by atoms with Gasteiger partial charge in [-0.2, -0.15) is 0 Å². The van der Waals surface area contributed by atoms with E-state index >= 15 is 0 Å². The standard InChI is InChI=1S/C16H20N2O4/c19-15(10-18-7-3-5-13(18)16(20)21)17-9-12-8-11-4-1-2-6-14(11)22-12/h1-2,4,6,12-13H,3,5,7-10H2,(H,17,19)(H,20,21)/t12-,13-/m1/s1. The van der Waals surface area contributed by atoms with E-state index in [1.54, 1.807) is 4.90 Å². The number of carboxylic acid groups (broad SMARTS) is 1. The topological polar surface area (TPSA) is 78.9 Å². The van der Waals surface area contributed by atoms with Crippen molar-refractivity contribution in [1.29, 1.82) is 0 Å². The minimum Gasteiger partial charge on any atom is -0.488 e. The van der Waals surface area contributed by atoms with Gasteiger partial charge in [-0.15, -0.1) is 0 Å². The van der Waals surface area contributed by atoms with E-state index in [-0.39, 0.29) is 18.6 Å². The van der Waals surface area contributed by atoms with Crippen LogP contribution in [0.2, 0.25) is 0 Å². The number of hydrogen-bond donors (Lipinski definition) is 2. The fourth-order valence-electron chi connectivity index (χ4n) is 3.13. The predicted molar refractivity (Wildman–Crippen MR) is 79.8 cm³/mol. The first-order chi connectivity index (χ1) is 10.6. The number of para-hydroxylation sites is 1. The van der Waals surface area contributed by atoms with Crippen molar-refractivity contribution in [1.82, 2.24) is 10.2 Å². The Balaban J connectivity index is 1.45. The molecule has 1 aromatic carbocycles. The summed E-state index contributed by atoms with van der Waals surface area (Å²) in [7, 11) is 0. The van der Waals surface area contributed by atoms with Crippen LogP contribution in [0.5, 0.6) is 5.75 Å². The molecule has 0 saturated carbocycles. The number of ether oxygens (including phenoxy) is 1. The van der Waals surface area contributed by atoms with Gasteiger partial charge in [0.15, 0.2) is 0 Å². The highest BCUT2D eigenvalue weighted by molar-refractivity contribution is 5.80. The van der Waals surface area contributed by atoms with Crippen LogP contribution in [0.25, 0.3) is 0 Å². The molecule has 0 bridgehead atoms. The van der Waals surface area contributed by atoms with Crippen LogP contribution in [0, 0.1) is 0 Å². The van der Waals surface area contributed by atoms with Crippen molar-refractivity contribution < 1.29 is 19.4 Å². The van der Waals surface area contributed by atoms with Crippen LogP contribution < -0.4 is 10.1 Å². The molecule has 1 saturated heterocycles. The fourth-order valence-corrected chi connectivity index (χ4v) is 3.13. The molecule has 6 nitrogen and oxygen atoms in total. The molecule has 0 aromatic heterocycles. The van der Waals surface area contributed by atoms with Crippen molar-refractivity contribution >= 4 is 11.9 Å². The fraction of sp³-hybridized carbons (Fsp3) is 0.500. The van der Waals surface area contributed by atoms with Gasteiger partial charge in [-0.25, -0.2) is 0 Å². The second-order valence-electron chi connectivity index (χ2n) is 5.82. The van der Waals surface area contributed by atoms with E-state index in [0.29, 0.717) is 19.5 Å². The Morgan fingerprint density at radius 1 is 1.36 bits per heavy atom. The number of amides is 1. The second kappa shape index (κ2) is 6.36. The zero-order chi connectivity index (χ0) is 15.5. The molecule has 0 aliphatic carbocycles. The monoisotopic (exact) mass is 304 g/mol. The lowest BCUT2D eigenvalue weighted by molar-refractivity contribution is -0.142. The summed E-state index contributed by atoms with van der Waals surface area (Å²) in [5, 5.41) is 12.0. The largest absolute Gasteiger partial charge is 0.488 e. The van der Waals surface area contributed by atoms with Gasteiger partial charge in [0.1, 0.15) is 17.9 Å². The quantitative estimate of drug-likeness (QED) is 0.835. The van der Waals surface area contributed by atoms with E-state index in [1.807, 2.05) is 24.3 Å². The number of carboxylic acids is 1. The maximum Gasteiger partial charge on any atom is 0.320 e. The van der Waals surface area contributed by atoms with Crippen molar-refractivity contribution in [2.75, 3.05) is 19.6 Å². The molecule has 2 aliphatic rings. The average molecular weight is 304 g/mol. The minimum atomic E-state index is -0.847. The normalized spacial score (nSPS) is 23.8. The van der Waals surface area contributed by atoms with Crippen LogP contribution in [0.1, 0.15) is 18.4 Å². The van der Waals surface area contributed by atoms with Gasteiger partial charge < -0.3 is 15.2 Å². The summed E-state index contributed by atoms with van der Waals surface area (Å²) in [4.78, 5) is 24.8. The summed E-state index contributed by atoms with van der Waals surface area (Å²) >= 11 is 0. The molecule has 1 fully saturated rings. The number of benzene rings is 1. The van der Waals surface area contributed by atoms with Gasteiger partial charge in [0.2, 0.25) is 5.91 Å². The van der Waals surface area contributed by atoms with Crippen molar-refractivity contribution in [3.63, 3.8) is 0 Å². The summed E-state index contributed by atoms with van der Waals surface area (Å²) in [5.41, 5.74) is 1.16. The molecular formula is C16H20N2O4. The first-order valence-electron chi connectivity index (χ1n) is 7.61. The SMILES string of the molecule is O=C(CN1CCC[C@@H]1C(=O)O)NC[C@H]1Cc2ccccc2O1. The van der Waals surface area contributed by atoms with E-state index in [4.69, 9.17) is 9.84 Å². The lowest BCUT2D eigenvalue weighted by Crippen LogP contribution is -2.44. The highest BCUT2D eigenvalue weighted by Crippen LogP contribution is 2.27. The molecule has 0 radical (unpaired) electrons. The number of aliphatic carboxylic acids is 1. The zero-order valence-electron chi connectivity index (χ0n) is 12.3. The number of likely N-dealkylation sites (tertiary alicyclic amines) is 1. The Morgan fingerprint density at radius 3 is 2.95 bits per heavy atom. The number of hydrogen-bond acceptors (Lipinski definition) is 4. The number of carbonyl (C=O) groups is 2. The van der Waals surface area contributed by atoms with E-state index in [0.717, 1.165) is 24.2 Å². The van der Waals surface area contributed by atoms with E-state index in [2.05, 4.69) is 5.32 Å². The van der Waals surface area contributed by atoms with Crippen LogP contribution in [-0.4, -0.2) is 53.7 Å². The van der Waals surface area contributed by atoms with E-state index in [1.165, 1.54) is 0 Å². The molecule has 3 rings (SSSR count). The van der Waals surface area contributed by atoms with Crippen LogP contribution in [0.3, 0.4) is 0 Å². The third-order valence-electron chi connectivity index (χ3n) is 4.24. The summed E-state index contributed by atoms with van der Waals surface area (Å²) in [5.74, 6) is -0.111. The van der Waals surface area contributed by atoms with Crippen LogP contribution >= 0.6 is 0 Å². The molecule has 6 heteroatoms. The van der Waals surface area contributed by atoms with Crippen LogP contribution in [0.15, 0.2) is 24.3 Å². The summed E-state index contributed by atoms with van der Waals surface area (Å²) in [6, 6.07) is 7.33. The van der Waals surface area contributed by atoms with Crippen LogP contribution in [0.4, 0.5) is 0 Å². The highest BCUT2D eigenvalue weighted by Gasteiger charge is 2.31. The number of fused-ring (bicyclic) bond motifs is 1. The first kappa shape index (κ1) is 14.8. The molecule has 118 valence electrons. The van der Waals surface area contributed by atoms with E-state index < -0.39 is 12.0 Å². The van der Waals surface area contributed by atoms with Gasteiger partial charge >= 0.3 is 5.97 Å². The Bertz CT molecular complexity index is 550. The summed E-state index contributed by atoms with van der Waals surface area (Å²) in [6.45, 7) is 1.24. The molecule has 0 spiro atoms. The predicted octanol–water partition coefficient (Wildman–Crippen LogP) is 0.655. The molecule has 22 heavy (non-hydrogen) atoms. The Labute approximate surface area is 129 Å². The van der Waals surface area contributed by atoms with Gasteiger partial charge in [0, 0.05) is 6.42 Å². The molecule has 2 N–H and O–H groups in total. The Kier molecular flexibility index (Phi) is 4.29. The lowest BCUT2D eigenvalue weighted by Gasteiger charge is -2.20. The second-order valence-corrected chi connectivity index (χ2v) is 5.82. The molecule has 2 heterocycles. The van der Waals surface area contributed by atoms with Gasteiger partial charge in [0.25, 0.3) is 0 Å². The molecular weight excluding hydrogens is 284 g/mol.